The average molecular weight is 259 g/mol. The molecule has 0 radical (unpaired) electrons. The van der Waals surface area contributed by atoms with E-state index in [9.17, 15) is 9.18 Å². The van der Waals surface area contributed by atoms with E-state index in [1.165, 1.54) is 12.3 Å². The molecule has 5 heteroatoms. The number of nitrogens with two attached hydrogens (primary N) is 1. The van der Waals surface area contributed by atoms with Crippen molar-refractivity contribution in [3.63, 3.8) is 0 Å². The maximum atomic E-state index is 13.3. The Labute approximate surface area is 110 Å². The molecule has 1 aromatic heterocycles. The molecule has 0 spiro atoms. The number of anilines is 2. The third-order valence-electron chi connectivity index (χ3n) is 2.73. The van der Waals surface area contributed by atoms with Crippen molar-refractivity contribution in [1.82, 2.24) is 4.98 Å². The van der Waals surface area contributed by atoms with Gasteiger partial charge in [0.2, 0.25) is 5.91 Å². The van der Waals surface area contributed by atoms with Crippen LogP contribution < -0.4 is 11.1 Å². The molecule has 0 saturated carbocycles. The Bertz CT molecular complexity index is 596. The van der Waals surface area contributed by atoms with E-state index in [2.05, 4.69) is 10.3 Å². The summed E-state index contributed by atoms with van der Waals surface area (Å²) < 4.78 is 13.3. The first-order chi connectivity index (χ1) is 9.06. The van der Waals surface area contributed by atoms with E-state index < -0.39 is 0 Å². The Morgan fingerprint density at radius 1 is 1.37 bits per heavy atom. The standard InChI is InChI=1S/C14H14FN3O/c1-9-12(15)3-2-4-13(9)18-14(19)7-11-6-5-10(16)8-17-11/h2-6,8H,7,16H2,1H3,(H,18,19). The number of pyridine rings is 1. The van der Waals surface area contributed by atoms with Crippen LogP contribution in [0.1, 0.15) is 11.3 Å². The summed E-state index contributed by atoms with van der Waals surface area (Å²) in [6, 6.07) is 7.94. The molecule has 1 aromatic carbocycles. The second kappa shape index (κ2) is 5.48. The van der Waals surface area contributed by atoms with Crippen molar-refractivity contribution in [1.29, 1.82) is 0 Å². The largest absolute Gasteiger partial charge is 0.397 e. The highest BCUT2D eigenvalue weighted by atomic mass is 19.1. The van der Waals surface area contributed by atoms with Gasteiger partial charge in [-0.15, -0.1) is 0 Å². The number of amides is 1. The number of benzene rings is 1. The number of hydrogen-bond donors (Lipinski definition) is 2. The molecule has 0 aliphatic carbocycles. The highest BCUT2D eigenvalue weighted by Gasteiger charge is 2.08. The van der Waals surface area contributed by atoms with E-state index in [0.717, 1.165) is 0 Å². The quantitative estimate of drug-likeness (QED) is 0.888. The van der Waals surface area contributed by atoms with Gasteiger partial charge in [0.25, 0.3) is 0 Å². The highest BCUT2D eigenvalue weighted by Crippen LogP contribution is 2.17. The van der Waals surface area contributed by atoms with E-state index in [0.29, 0.717) is 22.6 Å². The molecule has 0 bridgehead atoms. The van der Waals surface area contributed by atoms with Gasteiger partial charge >= 0.3 is 0 Å². The molecule has 0 fully saturated rings. The predicted molar refractivity (Wildman–Crippen MR) is 72.1 cm³/mol. The van der Waals surface area contributed by atoms with Gasteiger partial charge in [-0.25, -0.2) is 4.39 Å². The van der Waals surface area contributed by atoms with Crippen LogP contribution in [-0.2, 0) is 11.2 Å². The van der Waals surface area contributed by atoms with E-state index in [-0.39, 0.29) is 18.1 Å². The lowest BCUT2D eigenvalue weighted by atomic mass is 10.2. The van der Waals surface area contributed by atoms with Gasteiger partial charge in [-0.05, 0) is 31.2 Å². The molecule has 3 N–H and O–H groups in total. The fourth-order valence-electron chi connectivity index (χ4n) is 1.64. The van der Waals surface area contributed by atoms with Crippen LogP contribution in [0.15, 0.2) is 36.5 Å². The van der Waals surface area contributed by atoms with Crippen molar-refractivity contribution in [2.45, 2.75) is 13.3 Å². The zero-order valence-corrected chi connectivity index (χ0v) is 10.5. The molecule has 0 aliphatic heterocycles. The Balaban J connectivity index is 2.05. The topological polar surface area (TPSA) is 68.0 Å². The van der Waals surface area contributed by atoms with Crippen LogP contribution in [0.3, 0.4) is 0 Å². The second-order valence-electron chi connectivity index (χ2n) is 4.22. The Morgan fingerprint density at radius 3 is 2.84 bits per heavy atom. The van der Waals surface area contributed by atoms with Gasteiger partial charge in [0, 0.05) is 16.9 Å². The lowest BCUT2D eigenvalue weighted by Gasteiger charge is -2.08. The predicted octanol–water partition coefficient (Wildman–Crippen LogP) is 2.29. The molecule has 1 amide bonds. The maximum Gasteiger partial charge on any atom is 0.230 e. The van der Waals surface area contributed by atoms with Crippen molar-refractivity contribution < 1.29 is 9.18 Å². The van der Waals surface area contributed by atoms with Crippen molar-refractivity contribution >= 4 is 17.3 Å². The number of nitrogen functional groups attached to an aromatic ring is 1. The third kappa shape index (κ3) is 3.28. The van der Waals surface area contributed by atoms with Crippen LogP contribution in [0.2, 0.25) is 0 Å². The summed E-state index contributed by atoms with van der Waals surface area (Å²) in [6.07, 6.45) is 1.62. The van der Waals surface area contributed by atoms with Gasteiger partial charge in [0.15, 0.2) is 0 Å². The number of halogens is 1. The Kier molecular flexibility index (Phi) is 3.75. The van der Waals surface area contributed by atoms with Crippen LogP contribution in [-0.4, -0.2) is 10.9 Å². The van der Waals surface area contributed by atoms with Gasteiger partial charge < -0.3 is 11.1 Å². The molecule has 4 nitrogen and oxygen atoms in total. The fourth-order valence-corrected chi connectivity index (χ4v) is 1.64. The maximum absolute atomic E-state index is 13.3. The van der Waals surface area contributed by atoms with Crippen LogP contribution >= 0.6 is 0 Å². The molecule has 19 heavy (non-hydrogen) atoms. The highest BCUT2D eigenvalue weighted by molar-refractivity contribution is 5.92. The summed E-state index contributed by atoms with van der Waals surface area (Å²) in [6.45, 7) is 1.62. The molecule has 0 saturated heterocycles. The molecule has 0 unspecified atom stereocenters. The smallest absolute Gasteiger partial charge is 0.230 e. The van der Waals surface area contributed by atoms with Crippen molar-refractivity contribution in [2.24, 2.45) is 0 Å². The zero-order chi connectivity index (χ0) is 13.8. The number of rotatable bonds is 3. The molecule has 1 heterocycles. The summed E-state index contributed by atoms with van der Waals surface area (Å²) >= 11 is 0. The second-order valence-corrected chi connectivity index (χ2v) is 4.22. The number of nitrogens with zero attached hydrogens (tertiary/aromatic N) is 1. The Morgan fingerprint density at radius 2 is 2.16 bits per heavy atom. The minimum Gasteiger partial charge on any atom is -0.397 e. The SMILES string of the molecule is Cc1c(F)cccc1NC(=O)Cc1ccc(N)cn1. The van der Waals surface area contributed by atoms with Crippen molar-refractivity contribution in [3.05, 3.63) is 53.6 Å². The lowest BCUT2D eigenvalue weighted by molar-refractivity contribution is -0.115. The molecule has 0 atom stereocenters. The minimum absolute atomic E-state index is 0.121. The van der Waals surface area contributed by atoms with E-state index >= 15 is 0 Å². The summed E-state index contributed by atoms with van der Waals surface area (Å²) in [4.78, 5) is 15.9. The minimum atomic E-state index is -0.344. The normalized spacial score (nSPS) is 10.2. The molecule has 2 aromatic rings. The first-order valence-corrected chi connectivity index (χ1v) is 5.81. The van der Waals surface area contributed by atoms with Gasteiger partial charge in [-0.2, -0.15) is 0 Å². The number of carbonyl (C=O) groups excluding carboxylic acids is 1. The van der Waals surface area contributed by atoms with E-state index in [1.807, 2.05) is 0 Å². The average Bonchev–Trinajstić information content (AvgIpc) is 2.38. The lowest BCUT2D eigenvalue weighted by Crippen LogP contribution is -2.16. The summed E-state index contributed by atoms with van der Waals surface area (Å²) in [5, 5.41) is 2.66. The number of aromatic nitrogens is 1. The van der Waals surface area contributed by atoms with Gasteiger partial charge in [0.05, 0.1) is 18.3 Å². The fraction of sp³-hybridized carbons (Fsp3) is 0.143. The van der Waals surface area contributed by atoms with Gasteiger partial charge in [-0.1, -0.05) is 6.07 Å². The first-order valence-electron chi connectivity index (χ1n) is 5.81. The molecular formula is C14H14FN3O. The third-order valence-corrected chi connectivity index (χ3v) is 2.73. The van der Waals surface area contributed by atoms with Crippen LogP contribution in [0.5, 0.6) is 0 Å². The van der Waals surface area contributed by atoms with Crippen molar-refractivity contribution in [2.75, 3.05) is 11.1 Å². The van der Waals surface area contributed by atoms with Gasteiger partial charge in [-0.3, -0.25) is 9.78 Å². The molecule has 98 valence electrons. The first kappa shape index (κ1) is 13.0. The van der Waals surface area contributed by atoms with E-state index in [4.69, 9.17) is 5.73 Å². The monoisotopic (exact) mass is 259 g/mol. The van der Waals surface area contributed by atoms with Crippen LogP contribution in [0.25, 0.3) is 0 Å². The van der Waals surface area contributed by atoms with Crippen molar-refractivity contribution in [3.8, 4) is 0 Å². The summed E-state index contributed by atoms with van der Waals surface area (Å²) in [5.41, 5.74) is 7.56. The Hall–Kier alpha value is -2.43. The van der Waals surface area contributed by atoms with Gasteiger partial charge in [0.1, 0.15) is 5.82 Å². The number of nitrogens with one attached hydrogen (secondary N) is 1. The van der Waals surface area contributed by atoms with Crippen LogP contribution in [0.4, 0.5) is 15.8 Å². The molecule has 0 aliphatic rings. The molecule has 2 rings (SSSR count). The number of hydrogen-bond acceptors (Lipinski definition) is 3. The molecular weight excluding hydrogens is 245 g/mol. The number of carbonyl (C=O) groups is 1. The van der Waals surface area contributed by atoms with E-state index in [1.54, 1.807) is 31.2 Å². The summed E-state index contributed by atoms with van der Waals surface area (Å²) in [7, 11) is 0. The zero-order valence-electron chi connectivity index (χ0n) is 10.5. The summed E-state index contributed by atoms with van der Waals surface area (Å²) in [5.74, 6) is -0.589. The van der Waals surface area contributed by atoms with Crippen LogP contribution in [0, 0.1) is 12.7 Å².